The molecule has 0 bridgehead atoms. The lowest BCUT2D eigenvalue weighted by atomic mass is 10.1. The average Bonchev–Trinajstić information content (AvgIpc) is 2.75. The lowest BCUT2D eigenvalue weighted by Gasteiger charge is -2.25. The molecule has 152 valence electrons. The van der Waals surface area contributed by atoms with Gasteiger partial charge in [0.2, 0.25) is 15.9 Å². The Balaban J connectivity index is 1.61. The first-order valence-corrected chi connectivity index (χ1v) is 11.2. The van der Waals surface area contributed by atoms with Gasteiger partial charge in [0.05, 0.1) is 22.9 Å². The third-order valence-electron chi connectivity index (χ3n) is 5.16. The van der Waals surface area contributed by atoms with E-state index in [9.17, 15) is 13.2 Å². The lowest BCUT2D eigenvalue weighted by Crippen LogP contribution is -2.35. The number of likely N-dealkylation sites (N-methyl/N-ethyl adjacent to an activating group) is 1. The number of hydrogen-bond acceptors (Lipinski definition) is 4. The molecule has 0 aromatic heterocycles. The monoisotopic (exact) mass is 411 g/mol. The van der Waals surface area contributed by atoms with Crippen molar-refractivity contribution in [3.8, 4) is 6.07 Å². The standard InChI is InChI=1S/C22H25N3O3S/c1-24(17-20-7-5-19(16-23)6-8-20)22(26)15-18-9-11-21(12-10-18)29(27,28)25-13-3-2-4-14-25/h5-12H,2-4,13-15,17H2,1H3. The fourth-order valence-corrected chi connectivity index (χ4v) is 4.91. The van der Waals surface area contributed by atoms with Gasteiger partial charge >= 0.3 is 0 Å². The highest BCUT2D eigenvalue weighted by molar-refractivity contribution is 7.89. The Morgan fingerprint density at radius 3 is 2.17 bits per heavy atom. The van der Waals surface area contributed by atoms with Crippen LogP contribution in [-0.4, -0.2) is 43.7 Å². The molecule has 29 heavy (non-hydrogen) atoms. The topological polar surface area (TPSA) is 81.5 Å². The second kappa shape index (κ2) is 9.21. The maximum atomic E-state index is 12.7. The Hall–Kier alpha value is -2.69. The highest BCUT2D eigenvalue weighted by Crippen LogP contribution is 2.21. The summed E-state index contributed by atoms with van der Waals surface area (Å²) < 4.78 is 27.0. The van der Waals surface area contributed by atoms with Crippen LogP contribution in [0.4, 0.5) is 0 Å². The molecule has 0 radical (unpaired) electrons. The van der Waals surface area contributed by atoms with E-state index in [4.69, 9.17) is 5.26 Å². The van der Waals surface area contributed by atoms with E-state index in [1.165, 1.54) is 0 Å². The van der Waals surface area contributed by atoms with Crippen molar-refractivity contribution in [3.63, 3.8) is 0 Å². The smallest absolute Gasteiger partial charge is 0.243 e. The van der Waals surface area contributed by atoms with E-state index >= 15 is 0 Å². The minimum absolute atomic E-state index is 0.0546. The van der Waals surface area contributed by atoms with E-state index < -0.39 is 10.0 Å². The van der Waals surface area contributed by atoms with E-state index in [1.807, 2.05) is 12.1 Å². The molecule has 1 heterocycles. The highest BCUT2D eigenvalue weighted by Gasteiger charge is 2.25. The van der Waals surface area contributed by atoms with Crippen molar-refractivity contribution in [3.05, 3.63) is 65.2 Å². The molecule has 3 rings (SSSR count). The van der Waals surface area contributed by atoms with Gasteiger partial charge in [-0.3, -0.25) is 4.79 Å². The van der Waals surface area contributed by atoms with E-state index in [2.05, 4.69) is 6.07 Å². The molecule has 0 N–H and O–H groups in total. The third-order valence-corrected chi connectivity index (χ3v) is 7.07. The van der Waals surface area contributed by atoms with E-state index in [-0.39, 0.29) is 17.2 Å². The summed E-state index contributed by atoms with van der Waals surface area (Å²) in [6.07, 6.45) is 3.08. The Morgan fingerprint density at radius 1 is 1.00 bits per heavy atom. The predicted octanol–water partition coefficient (Wildman–Crippen LogP) is 2.93. The number of rotatable bonds is 6. The van der Waals surface area contributed by atoms with Crippen LogP contribution in [0.5, 0.6) is 0 Å². The number of hydrogen-bond donors (Lipinski definition) is 0. The fourth-order valence-electron chi connectivity index (χ4n) is 3.39. The van der Waals surface area contributed by atoms with Gasteiger partial charge in [0.1, 0.15) is 0 Å². The van der Waals surface area contributed by atoms with Gasteiger partial charge in [-0.2, -0.15) is 9.57 Å². The first-order chi connectivity index (χ1) is 13.9. The van der Waals surface area contributed by atoms with E-state index in [0.29, 0.717) is 25.2 Å². The summed E-state index contributed by atoms with van der Waals surface area (Å²) in [6, 6.07) is 15.8. The number of piperidine rings is 1. The molecule has 0 spiro atoms. The second-order valence-corrected chi connectivity index (χ2v) is 9.28. The highest BCUT2D eigenvalue weighted by atomic mass is 32.2. The van der Waals surface area contributed by atoms with Gasteiger partial charge in [-0.25, -0.2) is 8.42 Å². The molecule has 6 nitrogen and oxygen atoms in total. The van der Waals surface area contributed by atoms with Crippen molar-refractivity contribution in [2.24, 2.45) is 0 Å². The zero-order chi connectivity index (χ0) is 20.9. The molecule has 0 atom stereocenters. The first-order valence-electron chi connectivity index (χ1n) is 9.72. The van der Waals surface area contributed by atoms with Gasteiger partial charge in [0.25, 0.3) is 0 Å². The summed E-state index contributed by atoms with van der Waals surface area (Å²) in [5.41, 5.74) is 2.31. The number of nitriles is 1. The third kappa shape index (κ3) is 5.22. The molecule has 1 saturated heterocycles. The van der Waals surface area contributed by atoms with Gasteiger partial charge < -0.3 is 4.90 Å². The van der Waals surface area contributed by atoms with Gasteiger partial charge in [-0.05, 0) is 48.2 Å². The van der Waals surface area contributed by atoms with Gasteiger partial charge in [-0.15, -0.1) is 0 Å². The largest absolute Gasteiger partial charge is 0.341 e. The van der Waals surface area contributed by atoms with Gasteiger partial charge in [-0.1, -0.05) is 30.7 Å². The number of carbonyl (C=O) groups excluding carboxylic acids is 1. The number of amides is 1. The average molecular weight is 412 g/mol. The Bertz CT molecular complexity index is 987. The molecule has 2 aromatic carbocycles. The predicted molar refractivity (Wildman–Crippen MR) is 110 cm³/mol. The Labute approximate surface area is 172 Å². The van der Waals surface area contributed by atoms with Crippen LogP contribution in [0.1, 0.15) is 36.0 Å². The number of nitrogens with zero attached hydrogens (tertiary/aromatic N) is 3. The van der Waals surface area contributed by atoms with Crippen molar-refractivity contribution >= 4 is 15.9 Å². The summed E-state index contributed by atoms with van der Waals surface area (Å²) >= 11 is 0. The number of carbonyl (C=O) groups is 1. The van der Waals surface area contributed by atoms with Crippen LogP contribution in [0.25, 0.3) is 0 Å². The number of benzene rings is 2. The van der Waals surface area contributed by atoms with E-state index in [0.717, 1.165) is 30.4 Å². The van der Waals surface area contributed by atoms with Crippen molar-refractivity contribution in [2.45, 2.75) is 37.1 Å². The molecule has 1 aliphatic heterocycles. The van der Waals surface area contributed by atoms with Crippen LogP contribution in [0.2, 0.25) is 0 Å². The second-order valence-electron chi connectivity index (χ2n) is 7.34. The molecular formula is C22H25N3O3S. The van der Waals surface area contributed by atoms with Crippen molar-refractivity contribution in [1.29, 1.82) is 5.26 Å². The van der Waals surface area contributed by atoms with Crippen molar-refractivity contribution in [2.75, 3.05) is 20.1 Å². The minimum Gasteiger partial charge on any atom is -0.341 e. The van der Waals surface area contributed by atoms with Crippen LogP contribution in [0.3, 0.4) is 0 Å². The van der Waals surface area contributed by atoms with Gasteiger partial charge in [0.15, 0.2) is 0 Å². The lowest BCUT2D eigenvalue weighted by molar-refractivity contribution is -0.129. The maximum absolute atomic E-state index is 12.7. The number of sulfonamides is 1. The molecule has 0 saturated carbocycles. The minimum atomic E-state index is -3.45. The molecule has 0 aliphatic carbocycles. The van der Waals surface area contributed by atoms with Crippen molar-refractivity contribution in [1.82, 2.24) is 9.21 Å². The zero-order valence-electron chi connectivity index (χ0n) is 16.5. The Morgan fingerprint density at radius 2 is 1.59 bits per heavy atom. The SMILES string of the molecule is CN(Cc1ccc(C#N)cc1)C(=O)Cc1ccc(S(=O)(=O)N2CCCCC2)cc1. The van der Waals surface area contributed by atoms with E-state index in [1.54, 1.807) is 52.7 Å². The summed E-state index contributed by atoms with van der Waals surface area (Å²) in [7, 11) is -1.72. The molecule has 1 amide bonds. The molecule has 7 heteroatoms. The zero-order valence-corrected chi connectivity index (χ0v) is 17.4. The summed E-state index contributed by atoms with van der Waals surface area (Å²) in [4.78, 5) is 14.4. The summed E-state index contributed by atoms with van der Waals surface area (Å²) in [5, 5.41) is 8.85. The maximum Gasteiger partial charge on any atom is 0.243 e. The molecular weight excluding hydrogens is 386 g/mol. The first kappa shape index (κ1) is 21.0. The van der Waals surface area contributed by atoms with Crippen LogP contribution in [0.15, 0.2) is 53.4 Å². The fraction of sp³-hybridized carbons (Fsp3) is 0.364. The van der Waals surface area contributed by atoms with Crippen LogP contribution >= 0.6 is 0 Å². The quantitative estimate of drug-likeness (QED) is 0.732. The normalized spacial score (nSPS) is 14.9. The van der Waals surface area contributed by atoms with Gasteiger partial charge in [0, 0.05) is 26.7 Å². The van der Waals surface area contributed by atoms with Crippen LogP contribution in [0, 0.1) is 11.3 Å². The Kier molecular flexibility index (Phi) is 6.68. The summed E-state index contributed by atoms with van der Waals surface area (Å²) in [5.74, 6) is -0.0546. The van der Waals surface area contributed by atoms with Crippen LogP contribution < -0.4 is 0 Å². The van der Waals surface area contributed by atoms with Crippen molar-refractivity contribution < 1.29 is 13.2 Å². The van der Waals surface area contributed by atoms with Crippen LogP contribution in [-0.2, 0) is 27.8 Å². The summed E-state index contributed by atoms with van der Waals surface area (Å²) in [6.45, 7) is 1.59. The molecule has 2 aromatic rings. The molecule has 1 fully saturated rings. The molecule has 1 aliphatic rings. The molecule has 0 unspecified atom stereocenters.